The number of thiazole rings is 1. The predicted octanol–water partition coefficient (Wildman–Crippen LogP) is 4.86. The lowest BCUT2D eigenvalue weighted by Crippen LogP contribution is -2.18. The van der Waals surface area contributed by atoms with Crippen molar-refractivity contribution in [3.05, 3.63) is 82.9 Å². The Bertz CT molecular complexity index is 1150. The summed E-state index contributed by atoms with van der Waals surface area (Å²) in [5.74, 6) is -0.289. The number of carbonyl (C=O) groups excluding carboxylic acids is 1. The fourth-order valence-electron chi connectivity index (χ4n) is 2.69. The van der Waals surface area contributed by atoms with Gasteiger partial charge in [0.05, 0.1) is 15.1 Å². The van der Waals surface area contributed by atoms with Crippen LogP contribution in [-0.4, -0.2) is 22.5 Å². The fraction of sp³-hybridized carbons (Fsp3) is 0.0476. The molecule has 0 atom stereocenters. The average Bonchev–Trinajstić information content (AvgIpc) is 3.17. The lowest BCUT2D eigenvalue weighted by molar-refractivity contribution is -0.385. The van der Waals surface area contributed by atoms with Crippen LogP contribution in [-0.2, 0) is 4.79 Å². The Labute approximate surface area is 169 Å². The van der Waals surface area contributed by atoms with Crippen molar-refractivity contribution in [3.8, 4) is 22.1 Å². The largest absolute Gasteiger partial charge is 0.475 e. The first-order valence-electron chi connectivity index (χ1n) is 8.63. The predicted molar refractivity (Wildman–Crippen MR) is 109 cm³/mol. The number of fused-ring (bicyclic) bond motifs is 1. The molecule has 0 saturated carbocycles. The molecule has 0 radical (unpaired) electrons. The van der Waals surface area contributed by atoms with Gasteiger partial charge in [0.15, 0.2) is 12.4 Å². The number of carbonyl (C=O) groups is 1. The number of rotatable bonds is 6. The summed E-state index contributed by atoms with van der Waals surface area (Å²) in [7, 11) is 0. The van der Waals surface area contributed by atoms with Gasteiger partial charge in [-0.05, 0) is 42.5 Å². The third kappa shape index (κ3) is 4.22. The molecule has 0 spiro atoms. The average molecular weight is 406 g/mol. The van der Waals surface area contributed by atoms with E-state index in [1.54, 1.807) is 29.5 Å². The molecular weight excluding hydrogens is 392 g/mol. The number of hydrogen-bond donors (Lipinski definition) is 0. The highest BCUT2D eigenvalue weighted by Crippen LogP contribution is 2.31. The van der Waals surface area contributed by atoms with Crippen molar-refractivity contribution in [2.75, 3.05) is 6.61 Å². The minimum Gasteiger partial charge on any atom is -0.475 e. The molecule has 3 aromatic carbocycles. The zero-order valence-corrected chi connectivity index (χ0v) is 15.8. The van der Waals surface area contributed by atoms with Gasteiger partial charge in [-0.25, -0.2) is 9.78 Å². The van der Waals surface area contributed by atoms with Gasteiger partial charge in [-0.1, -0.05) is 24.3 Å². The third-order valence-electron chi connectivity index (χ3n) is 4.03. The molecule has 0 aliphatic carbocycles. The van der Waals surface area contributed by atoms with Crippen LogP contribution in [0.25, 0.3) is 20.8 Å². The zero-order chi connectivity index (χ0) is 20.2. The molecule has 29 heavy (non-hydrogen) atoms. The molecule has 0 saturated heterocycles. The van der Waals surface area contributed by atoms with Gasteiger partial charge in [-0.15, -0.1) is 11.3 Å². The second kappa shape index (κ2) is 8.07. The van der Waals surface area contributed by atoms with E-state index in [0.29, 0.717) is 5.75 Å². The maximum Gasteiger partial charge on any atom is 0.349 e. The molecule has 4 rings (SSSR count). The minimum absolute atomic E-state index is 0.0145. The van der Waals surface area contributed by atoms with Crippen LogP contribution in [0.5, 0.6) is 11.5 Å². The van der Waals surface area contributed by atoms with Crippen molar-refractivity contribution in [1.82, 2.24) is 4.98 Å². The number of esters is 1. The molecule has 0 bridgehead atoms. The second-order valence-electron chi connectivity index (χ2n) is 6.00. The van der Waals surface area contributed by atoms with Crippen molar-refractivity contribution >= 4 is 33.2 Å². The number of ether oxygens (including phenoxy) is 2. The van der Waals surface area contributed by atoms with E-state index in [2.05, 4.69) is 4.98 Å². The maximum atomic E-state index is 12.0. The van der Waals surface area contributed by atoms with Crippen LogP contribution >= 0.6 is 11.3 Å². The lowest BCUT2D eigenvalue weighted by atomic mass is 10.2. The zero-order valence-electron chi connectivity index (χ0n) is 15.0. The molecule has 0 fully saturated rings. The Hall–Kier alpha value is -3.78. The fourth-order valence-corrected chi connectivity index (χ4v) is 3.66. The summed E-state index contributed by atoms with van der Waals surface area (Å²) in [5, 5.41) is 11.8. The highest BCUT2D eigenvalue weighted by atomic mass is 32.1. The monoisotopic (exact) mass is 406 g/mol. The first-order valence-corrected chi connectivity index (χ1v) is 9.45. The number of nitro benzene ring substituents is 1. The SMILES string of the molecule is O=C(COc1ccccc1[N+](=O)[O-])Oc1ccc(-c2nc3ccccc3s2)cc1. The minimum atomic E-state index is -0.657. The summed E-state index contributed by atoms with van der Waals surface area (Å²) in [5.41, 5.74) is 1.65. The Morgan fingerprint density at radius 1 is 1.00 bits per heavy atom. The van der Waals surface area contributed by atoms with Crippen molar-refractivity contribution in [1.29, 1.82) is 0 Å². The van der Waals surface area contributed by atoms with Gasteiger partial charge in [-0.2, -0.15) is 0 Å². The number of benzene rings is 3. The first-order chi connectivity index (χ1) is 14.1. The molecule has 7 nitrogen and oxygen atoms in total. The van der Waals surface area contributed by atoms with E-state index >= 15 is 0 Å². The summed E-state index contributed by atoms with van der Waals surface area (Å²) in [4.78, 5) is 27.0. The summed E-state index contributed by atoms with van der Waals surface area (Å²) < 4.78 is 11.6. The number of nitro groups is 1. The molecule has 4 aromatic rings. The second-order valence-corrected chi connectivity index (χ2v) is 7.03. The molecule has 1 aromatic heterocycles. The smallest absolute Gasteiger partial charge is 0.349 e. The number of aromatic nitrogens is 1. The molecule has 1 heterocycles. The Kier molecular flexibility index (Phi) is 5.17. The summed E-state index contributed by atoms with van der Waals surface area (Å²) in [6, 6.07) is 20.7. The molecule has 0 amide bonds. The highest BCUT2D eigenvalue weighted by molar-refractivity contribution is 7.21. The van der Waals surface area contributed by atoms with E-state index in [1.807, 2.05) is 36.4 Å². The Morgan fingerprint density at radius 3 is 2.48 bits per heavy atom. The topological polar surface area (TPSA) is 91.6 Å². The van der Waals surface area contributed by atoms with Gasteiger partial charge >= 0.3 is 11.7 Å². The van der Waals surface area contributed by atoms with Gasteiger partial charge in [0.25, 0.3) is 0 Å². The van der Waals surface area contributed by atoms with Crippen LogP contribution in [0.4, 0.5) is 5.69 Å². The van der Waals surface area contributed by atoms with E-state index in [-0.39, 0.29) is 11.4 Å². The molecule has 0 aliphatic rings. The van der Waals surface area contributed by atoms with Crippen LogP contribution in [0.15, 0.2) is 72.8 Å². The lowest BCUT2D eigenvalue weighted by Gasteiger charge is -2.07. The van der Waals surface area contributed by atoms with E-state index in [9.17, 15) is 14.9 Å². The molecular formula is C21H14N2O5S. The Balaban J connectivity index is 1.40. The van der Waals surface area contributed by atoms with Crippen molar-refractivity contribution in [2.45, 2.75) is 0 Å². The van der Waals surface area contributed by atoms with Gasteiger partial charge in [0.1, 0.15) is 10.8 Å². The number of nitrogens with zero attached hydrogens (tertiary/aromatic N) is 2. The van der Waals surface area contributed by atoms with Crippen molar-refractivity contribution in [3.63, 3.8) is 0 Å². The van der Waals surface area contributed by atoms with Crippen molar-refractivity contribution in [2.24, 2.45) is 0 Å². The van der Waals surface area contributed by atoms with Crippen LogP contribution < -0.4 is 9.47 Å². The standard InChI is InChI=1S/C21H14N2O5S/c24-20(13-27-18-7-3-2-6-17(18)23(25)26)28-15-11-9-14(10-12-15)21-22-16-5-1-4-8-19(16)29-21/h1-12H,13H2. The first kappa shape index (κ1) is 18.6. The number of para-hydroxylation sites is 3. The van der Waals surface area contributed by atoms with Crippen LogP contribution in [0.1, 0.15) is 0 Å². The summed E-state index contributed by atoms with van der Waals surface area (Å²) in [6.45, 7) is -0.440. The van der Waals surface area contributed by atoms with E-state index < -0.39 is 17.5 Å². The van der Waals surface area contributed by atoms with Crippen LogP contribution in [0.2, 0.25) is 0 Å². The summed E-state index contributed by atoms with van der Waals surface area (Å²) >= 11 is 1.59. The van der Waals surface area contributed by atoms with Gasteiger partial charge in [0, 0.05) is 11.6 Å². The summed E-state index contributed by atoms with van der Waals surface area (Å²) in [6.07, 6.45) is 0. The number of hydrogen-bond acceptors (Lipinski definition) is 7. The highest BCUT2D eigenvalue weighted by Gasteiger charge is 2.16. The van der Waals surface area contributed by atoms with E-state index in [0.717, 1.165) is 20.8 Å². The normalized spacial score (nSPS) is 10.6. The van der Waals surface area contributed by atoms with Gasteiger partial charge in [0.2, 0.25) is 0 Å². The molecule has 0 aliphatic heterocycles. The molecule has 0 unspecified atom stereocenters. The van der Waals surface area contributed by atoms with Gasteiger partial charge in [-0.3, -0.25) is 10.1 Å². The van der Waals surface area contributed by atoms with Crippen LogP contribution in [0, 0.1) is 10.1 Å². The van der Waals surface area contributed by atoms with E-state index in [1.165, 1.54) is 18.2 Å². The molecule has 8 heteroatoms. The maximum absolute atomic E-state index is 12.0. The Morgan fingerprint density at radius 2 is 1.72 bits per heavy atom. The van der Waals surface area contributed by atoms with Crippen LogP contribution in [0.3, 0.4) is 0 Å². The molecule has 0 N–H and O–H groups in total. The molecule has 144 valence electrons. The van der Waals surface area contributed by atoms with Gasteiger partial charge < -0.3 is 9.47 Å². The quantitative estimate of drug-likeness (QED) is 0.197. The van der Waals surface area contributed by atoms with E-state index in [4.69, 9.17) is 9.47 Å². The van der Waals surface area contributed by atoms with Crippen molar-refractivity contribution < 1.29 is 19.2 Å². The third-order valence-corrected chi connectivity index (χ3v) is 5.12.